The molecule has 1 amide bonds. The molecule has 13 heteroatoms. The average Bonchev–Trinajstić information content (AvgIpc) is 3.06. The number of fused-ring (bicyclic) bond motifs is 2. The molecule has 0 saturated heterocycles. The molecule has 6 aromatic rings. The molecule has 1 heterocycles. The number of halogens is 7. The fourth-order valence-corrected chi connectivity index (χ4v) is 6.27. The van der Waals surface area contributed by atoms with Crippen molar-refractivity contribution in [2.45, 2.75) is 18.6 Å². The van der Waals surface area contributed by atoms with E-state index in [2.05, 4.69) is 5.32 Å². The maximum atomic E-state index is 15.1. The number of carboxylic acid groups (broad SMARTS) is 1. The highest BCUT2D eigenvalue weighted by Gasteiger charge is 2.38. The number of carbonyl (C=O) groups is 2. The molecule has 0 aliphatic carbocycles. The van der Waals surface area contributed by atoms with Crippen molar-refractivity contribution in [1.29, 1.82) is 0 Å². The van der Waals surface area contributed by atoms with Crippen LogP contribution in [-0.4, -0.2) is 27.6 Å². The van der Waals surface area contributed by atoms with Gasteiger partial charge in [0.15, 0.2) is 0 Å². The topological polar surface area (TPSA) is 88.4 Å². The number of carbonyl (C=O) groups excluding carboxylic acids is 1. The van der Waals surface area contributed by atoms with Gasteiger partial charge in [-0.1, -0.05) is 72.3 Å². The van der Waals surface area contributed by atoms with Crippen LogP contribution in [0, 0.1) is 17.5 Å². The molecule has 0 spiro atoms. The predicted octanol–water partition coefficient (Wildman–Crippen LogP) is 8.54. The fourth-order valence-electron chi connectivity index (χ4n) is 6.09. The Kier molecular flexibility index (Phi) is 8.91. The third-order valence-electron chi connectivity index (χ3n) is 8.42. The maximum absolute atomic E-state index is 15.1. The number of hydrogen-bond donors (Lipinski definition) is 2. The molecule has 1 aromatic heterocycles. The fraction of sp³-hybridized carbons (Fsp3) is 0.108. The Bertz CT molecular complexity index is 2400. The molecule has 0 radical (unpaired) electrons. The van der Waals surface area contributed by atoms with Crippen LogP contribution in [0.15, 0.2) is 95.8 Å². The minimum Gasteiger partial charge on any atom is -0.480 e. The summed E-state index contributed by atoms with van der Waals surface area (Å²) >= 11 is 5.77. The lowest BCUT2D eigenvalue weighted by Crippen LogP contribution is -2.43. The third kappa shape index (κ3) is 6.18. The molecule has 0 aliphatic heterocycles. The highest BCUT2D eigenvalue weighted by atomic mass is 35.5. The average molecular weight is 709 g/mol. The highest BCUT2D eigenvalue weighted by molar-refractivity contribution is 6.31. The van der Waals surface area contributed by atoms with Crippen LogP contribution in [-0.2, 0) is 24.4 Å². The first-order valence-corrected chi connectivity index (χ1v) is 15.2. The molecule has 0 saturated carbocycles. The number of aliphatic carboxylic acids is 1. The summed E-state index contributed by atoms with van der Waals surface area (Å²) in [6, 6.07) is 17.6. The second-order valence-electron chi connectivity index (χ2n) is 11.5. The van der Waals surface area contributed by atoms with E-state index in [1.54, 1.807) is 0 Å². The molecule has 1 atom stereocenters. The van der Waals surface area contributed by atoms with Gasteiger partial charge in [-0.05, 0) is 63.4 Å². The summed E-state index contributed by atoms with van der Waals surface area (Å²) in [4.78, 5) is 38.9. The molecule has 6 nitrogen and oxygen atoms in total. The Labute approximate surface area is 284 Å². The van der Waals surface area contributed by atoms with E-state index < -0.39 is 70.2 Å². The van der Waals surface area contributed by atoms with Crippen LogP contribution in [0.3, 0.4) is 0 Å². The summed E-state index contributed by atoms with van der Waals surface area (Å²) in [6.45, 7) is 0. The number of benzene rings is 5. The number of amides is 1. The predicted molar refractivity (Wildman–Crippen MR) is 176 cm³/mol. The molecule has 0 aliphatic rings. The summed E-state index contributed by atoms with van der Waals surface area (Å²) in [5.74, 6) is -6.35. The van der Waals surface area contributed by atoms with Gasteiger partial charge in [0.2, 0.25) is 0 Å². The van der Waals surface area contributed by atoms with Crippen LogP contribution >= 0.6 is 11.6 Å². The summed E-state index contributed by atoms with van der Waals surface area (Å²) in [7, 11) is 1.36. The molecule has 0 bridgehead atoms. The first-order valence-electron chi connectivity index (χ1n) is 14.9. The molecular formula is C37H23ClF6N2O4. The van der Waals surface area contributed by atoms with E-state index in [1.165, 1.54) is 73.8 Å². The van der Waals surface area contributed by atoms with Gasteiger partial charge in [-0.15, -0.1) is 0 Å². The van der Waals surface area contributed by atoms with E-state index in [0.29, 0.717) is 0 Å². The minimum atomic E-state index is -4.92. The largest absolute Gasteiger partial charge is 0.480 e. The van der Waals surface area contributed by atoms with Gasteiger partial charge in [0.25, 0.3) is 11.5 Å². The lowest BCUT2D eigenvalue weighted by atomic mass is 9.90. The number of aryl methyl sites for hydroxylation is 1. The van der Waals surface area contributed by atoms with Crippen molar-refractivity contribution in [2.75, 3.05) is 0 Å². The number of carboxylic acids is 1. The van der Waals surface area contributed by atoms with Gasteiger partial charge < -0.3 is 15.0 Å². The number of rotatable bonds is 7. The standard InChI is InChI=1S/C37H23ClF6N2O4/c1-46-30-11-3-2-7-24(30)33(37(42,43)44)31(35(46)48)23-10-5-8-21-19(6-4-9-22(21)23)17-29(36(49)50)45-34(47)32-27(40)15-20(16-28(32)41)18-12-13-26(39)25(38)14-18/h2-16,29H,17H2,1H3,(H,45,47)(H,49,50)/t29-/m0/s1. The first kappa shape index (κ1) is 34.3. The smallest absolute Gasteiger partial charge is 0.417 e. The number of hydrogen-bond acceptors (Lipinski definition) is 3. The van der Waals surface area contributed by atoms with Crippen LogP contribution in [0.1, 0.15) is 21.5 Å². The normalized spacial score (nSPS) is 12.3. The van der Waals surface area contributed by atoms with Gasteiger partial charge in [-0.2, -0.15) is 13.2 Å². The van der Waals surface area contributed by atoms with Crippen molar-refractivity contribution in [3.05, 3.63) is 141 Å². The maximum Gasteiger partial charge on any atom is 0.417 e. The number of nitrogens with one attached hydrogen (secondary N) is 1. The highest BCUT2D eigenvalue weighted by Crippen LogP contribution is 2.42. The van der Waals surface area contributed by atoms with E-state index in [1.807, 2.05) is 0 Å². The number of alkyl halides is 3. The van der Waals surface area contributed by atoms with Crippen molar-refractivity contribution in [3.8, 4) is 22.3 Å². The van der Waals surface area contributed by atoms with Gasteiger partial charge >= 0.3 is 12.1 Å². The Morgan fingerprint density at radius 1 is 0.820 bits per heavy atom. The zero-order valence-corrected chi connectivity index (χ0v) is 26.5. The number of para-hydroxylation sites is 1. The van der Waals surface area contributed by atoms with Crippen LogP contribution < -0.4 is 10.9 Å². The van der Waals surface area contributed by atoms with Crippen molar-refractivity contribution >= 4 is 45.2 Å². The summed E-state index contributed by atoms with van der Waals surface area (Å²) in [5, 5.41) is 12.1. The van der Waals surface area contributed by atoms with Gasteiger partial charge in [-0.25, -0.2) is 18.0 Å². The lowest BCUT2D eigenvalue weighted by molar-refractivity contribution is -0.139. The monoisotopic (exact) mass is 708 g/mol. The second-order valence-corrected chi connectivity index (χ2v) is 11.9. The van der Waals surface area contributed by atoms with Crippen molar-refractivity contribution in [2.24, 2.45) is 7.05 Å². The van der Waals surface area contributed by atoms with Gasteiger partial charge in [-0.3, -0.25) is 9.59 Å². The molecule has 5 aromatic carbocycles. The Morgan fingerprint density at radius 3 is 2.12 bits per heavy atom. The lowest BCUT2D eigenvalue weighted by Gasteiger charge is -2.20. The second kappa shape index (κ2) is 13.0. The van der Waals surface area contributed by atoms with Gasteiger partial charge in [0.05, 0.1) is 21.7 Å². The van der Waals surface area contributed by atoms with Crippen molar-refractivity contribution < 1.29 is 41.0 Å². The Hall–Kier alpha value is -5.62. The Balaban J connectivity index is 1.38. The molecule has 6 rings (SSSR count). The summed E-state index contributed by atoms with van der Waals surface area (Å²) in [5.41, 5.74) is -3.31. The summed E-state index contributed by atoms with van der Waals surface area (Å²) in [6.07, 6.45) is -5.37. The van der Waals surface area contributed by atoms with E-state index in [-0.39, 0.29) is 49.0 Å². The van der Waals surface area contributed by atoms with Gasteiger partial charge in [0.1, 0.15) is 29.1 Å². The zero-order chi connectivity index (χ0) is 36.1. The van der Waals surface area contributed by atoms with Crippen LogP contribution in [0.4, 0.5) is 26.3 Å². The van der Waals surface area contributed by atoms with E-state index in [9.17, 15) is 37.1 Å². The van der Waals surface area contributed by atoms with E-state index >= 15 is 8.78 Å². The molecule has 254 valence electrons. The molecule has 0 fully saturated rings. The van der Waals surface area contributed by atoms with E-state index in [4.69, 9.17) is 11.6 Å². The summed E-state index contributed by atoms with van der Waals surface area (Å²) < 4.78 is 88.9. The molecule has 50 heavy (non-hydrogen) atoms. The quantitative estimate of drug-likeness (QED) is 0.163. The van der Waals surface area contributed by atoms with Crippen LogP contribution in [0.2, 0.25) is 5.02 Å². The SMILES string of the molecule is Cn1c(=O)c(-c2cccc3c(C[C@H](NC(=O)c4c(F)cc(-c5ccc(F)c(Cl)c5)cc4F)C(=O)O)cccc23)c(C(F)(F)F)c2ccccc21. The van der Waals surface area contributed by atoms with Crippen LogP contribution in [0.25, 0.3) is 43.9 Å². The molecule has 0 unspecified atom stereocenters. The molecule has 2 N–H and O–H groups in total. The van der Waals surface area contributed by atoms with E-state index in [0.717, 1.165) is 28.8 Å². The Morgan fingerprint density at radius 2 is 1.46 bits per heavy atom. The minimum absolute atomic E-state index is 0.0504. The van der Waals surface area contributed by atoms with Gasteiger partial charge in [0, 0.05) is 18.9 Å². The molecular weight excluding hydrogens is 686 g/mol. The van der Waals surface area contributed by atoms with Crippen LogP contribution in [0.5, 0.6) is 0 Å². The third-order valence-corrected chi connectivity index (χ3v) is 8.71. The first-order chi connectivity index (χ1) is 23.7. The number of nitrogens with zero attached hydrogens (tertiary/aromatic N) is 1. The number of pyridine rings is 1. The zero-order valence-electron chi connectivity index (χ0n) is 25.7. The van der Waals surface area contributed by atoms with Crippen molar-refractivity contribution in [1.82, 2.24) is 9.88 Å². The van der Waals surface area contributed by atoms with Crippen molar-refractivity contribution in [3.63, 3.8) is 0 Å². The number of aromatic nitrogens is 1.